The van der Waals surface area contributed by atoms with Gasteiger partial charge in [-0.2, -0.15) is 0 Å². The van der Waals surface area contributed by atoms with Crippen molar-refractivity contribution < 1.29 is 14.7 Å². The molecule has 3 rings (SSSR count). The minimum atomic E-state index is -0.00514. The molecule has 1 aliphatic heterocycles. The first-order valence-corrected chi connectivity index (χ1v) is 7.73. The van der Waals surface area contributed by atoms with Crippen molar-refractivity contribution in [1.29, 1.82) is 0 Å². The monoisotopic (exact) mass is 316 g/mol. The van der Waals surface area contributed by atoms with Gasteiger partial charge >= 0.3 is 0 Å². The van der Waals surface area contributed by atoms with E-state index in [1.54, 1.807) is 6.20 Å². The first-order chi connectivity index (χ1) is 11.3. The lowest BCUT2D eigenvalue weighted by Gasteiger charge is -2.27. The normalized spacial score (nSPS) is 12.3. The molecular weight excluding hydrogens is 292 g/mol. The van der Waals surface area contributed by atoms with Crippen molar-refractivity contribution in [3.05, 3.63) is 58.9 Å². The number of nitrogens with zero attached hydrogens (tertiary/aromatic N) is 1. The second-order valence-electron chi connectivity index (χ2n) is 4.67. The molecule has 2 heterocycles. The molecule has 2 aromatic rings. The van der Waals surface area contributed by atoms with E-state index >= 15 is 0 Å². The van der Waals surface area contributed by atoms with Gasteiger partial charge in [-0.3, -0.25) is 9.59 Å². The van der Waals surface area contributed by atoms with Crippen LogP contribution >= 0.6 is 0 Å². The van der Waals surface area contributed by atoms with E-state index in [9.17, 15) is 9.59 Å². The minimum Gasteiger partial charge on any atom is -0.400 e. The van der Waals surface area contributed by atoms with E-state index in [2.05, 4.69) is 4.98 Å². The summed E-state index contributed by atoms with van der Waals surface area (Å²) >= 11 is 0. The summed E-state index contributed by atoms with van der Waals surface area (Å²) in [6.45, 7) is 5.26. The number of aldehydes is 1. The van der Waals surface area contributed by atoms with E-state index in [1.807, 2.05) is 49.1 Å². The SMILES string of the molecule is CC.CO.O=Cc1[nH]cc2c1CCN(Cc1ccccc1)C2=O. The van der Waals surface area contributed by atoms with Gasteiger partial charge in [0.25, 0.3) is 5.91 Å². The number of amides is 1. The summed E-state index contributed by atoms with van der Waals surface area (Å²) in [5, 5.41) is 7.00. The fourth-order valence-electron chi connectivity index (χ4n) is 2.51. The summed E-state index contributed by atoms with van der Waals surface area (Å²) in [6.07, 6.45) is 3.14. The fourth-order valence-corrected chi connectivity index (χ4v) is 2.51. The number of fused-ring (bicyclic) bond motifs is 1. The largest absolute Gasteiger partial charge is 0.400 e. The molecule has 0 bridgehead atoms. The standard InChI is InChI=1S/C15H14N2O2.C2H6.CH4O/c18-10-14-12-6-7-17(15(19)13(12)8-16-14)9-11-4-2-1-3-5-11;2*1-2/h1-5,8,10,16H,6-7,9H2;1-2H3;2H,1H3. The molecule has 5 heteroatoms. The van der Waals surface area contributed by atoms with Crippen LogP contribution in [0.5, 0.6) is 0 Å². The molecule has 2 N–H and O–H groups in total. The van der Waals surface area contributed by atoms with E-state index in [-0.39, 0.29) is 5.91 Å². The molecule has 124 valence electrons. The zero-order valence-corrected chi connectivity index (χ0v) is 13.9. The summed E-state index contributed by atoms with van der Waals surface area (Å²) in [5.41, 5.74) is 3.13. The number of nitrogens with one attached hydrogen (secondary N) is 1. The molecule has 0 radical (unpaired) electrons. The van der Waals surface area contributed by atoms with Gasteiger partial charge in [0.1, 0.15) is 0 Å². The van der Waals surface area contributed by atoms with Crippen LogP contribution in [0.1, 0.15) is 45.8 Å². The van der Waals surface area contributed by atoms with Crippen LogP contribution in [0.3, 0.4) is 0 Å². The van der Waals surface area contributed by atoms with Crippen LogP contribution in [0.2, 0.25) is 0 Å². The first-order valence-electron chi connectivity index (χ1n) is 7.73. The van der Waals surface area contributed by atoms with E-state index < -0.39 is 0 Å². The van der Waals surface area contributed by atoms with Crippen molar-refractivity contribution in [3.63, 3.8) is 0 Å². The van der Waals surface area contributed by atoms with E-state index in [4.69, 9.17) is 5.11 Å². The van der Waals surface area contributed by atoms with Gasteiger partial charge in [-0.05, 0) is 17.5 Å². The number of hydrogen-bond acceptors (Lipinski definition) is 3. The van der Waals surface area contributed by atoms with Crippen molar-refractivity contribution >= 4 is 12.2 Å². The Balaban J connectivity index is 0.000000615. The molecule has 1 aromatic carbocycles. The Morgan fingerprint density at radius 3 is 2.48 bits per heavy atom. The molecule has 0 aliphatic carbocycles. The number of carbonyl (C=O) groups excluding carboxylic acids is 2. The summed E-state index contributed by atoms with van der Waals surface area (Å²) < 4.78 is 0. The molecule has 5 nitrogen and oxygen atoms in total. The molecule has 1 aliphatic rings. The Labute approximate surface area is 137 Å². The quantitative estimate of drug-likeness (QED) is 0.855. The third kappa shape index (κ3) is 4.29. The number of H-pyrrole nitrogens is 1. The van der Waals surface area contributed by atoms with E-state index in [0.29, 0.717) is 24.3 Å². The number of benzene rings is 1. The molecular formula is C18H24N2O3. The Morgan fingerprint density at radius 2 is 1.87 bits per heavy atom. The Bertz CT molecular complexity index is 620. The van der Waals surface area contributed by atoms with Gasteiger partial charge in [0.2, 0.25) is 0 Å². The zero-order chi connectivity index (χ0) is 17.2. The molecule has 1 amide bonds. The lowest BCUT2D eigenvalue weighted by Crippen LogP contribution is -2.36. The number of hydrogen-bond donors (Lipinski definition) is 2. The zero-order valence-electron chi connectivity index (χ0n) is 13.9. The highest BCUT2D eigenvalue weighted by atomic mass is 16.2. The number of carbonyl (C=O) groups is 2. The molecule has 0 saturated carbocycles. The topological polar surface area (TPSA) is 73.4 Å². The number of rotatable bonds is 3. The van der Waals surface area contributed by atoms with Crippen LogP contribution < -0.4 is 0 Å². The maximum absolute atomic E-state index is 12.3. The molecule has 0 spiro atoms. The number of aliphatic hydroxyl groups excluding tert-OH is 1. The summed E-state index contributed by atoms with van der Waals surface area (Å²) in [7, 11) is 1.00. The van der Waals surface area contributed by atoms with Gasteiger partial charge in [0, 0.05) is 26.4 Å². The van der Waals surface area contributed by atoms with Gasteiger partial charge in [-0.15, -0.1) is 0 Å². The lowest BCUT2D eigenvalue weighted by molar-refractivity contribution is 0.0728. The Hall–Kier alpha value is -2.40. The van der Waals surface area contributed by atoms with E-state index in [1.165, 1.54) is 0 Å². The van der Waals surface area contributed by atoms with Crippen molar-refractivity contribution in [2.45, 2.75) is 26.8 Å². The van der Waals surface area contributed by atoms with Gasteiger partial charge in [-0.25, -0.2) is 0 Å². The van der Waals surface area contributed by atoms with Crippen molar-refractivity contribution in [1.82, 2.24) is 9.88 Å². The van der Waals surface area contributed by atoms with Crippen molar-refractivity contribution in [3.8, 4) is 0 Å². The predicted octanol–water partition coefficient (Wildman–Crippen LogP) is 2.66. The van der Waals surface area contributed by atoms with Crippen molar-refractivity contribution in [2.24, 2.45) is 0 Å². The molecule has 23 heavy (non-hydrogen) atoms. The maximum Gasteiger partial charge on any atom is 0.256 e. The highest BCUT2D eigenvalue weighted by Gasteiger charge is 2.27. The van der Waals surface area contributed by atoms with Crippen LogP contribution in [-0.2, 0) is 13.0 Å². The molecule has 0 unspecified atom stereocenters. The maximum atomic E-state index is 12.3. The fraction of sp³-hybridized carbons (Fsp3) is 0.333. The highest BCUT2D eigenvalue weighted by Crippen LogP contribution is 2.22. The smallest absolute Gasteiger partial charge is 0.256 e. The summed E-state index contributed by atoms with van der Waals surface area (Å²) in [4.78, 5) is 27.9. The predicted molar refractivity (Wildman–Crippen MR) is 90.6 cm³/mol. The van der Waals surface area contributed by atoms with Crippen molar-refractivity contribution in [2.75, 3.05) is 13.7 Å². The van der Waals surface area contributed by atoms with Crippen LogP contribution in [-0.4, -0.2) is 40.8 Å². The van der Waals surface area contributed by atoms with Gasteiger partial charge in [-0.1, -0.05) is 44.2 Å². The summed E-state index contributed by atoms with van der Waals surface area (Å²) in [6, 6.07) is 9.92. The molecule has 0 saturated heterocycles. The summed E-state index contributed by atoms with van der Waals surface area (Å²) in [5.74, 6) is -0.00514. The number of aliphatic hydroxyl groups is 1. The van der Waals surface area contributed by atoms with Gasteiger partial charge in [0.15, 0.2) is 6.29 Å². The molecule has 0 fully saturated rings. The highest BCUT2D eigenvalue weighted by molar-refractivity contribution is 5.98. The van der Waals surface area contributed by atoms with Gasteiger partial charge in [0.05, 0.1) is 11.3 Å². The van der Waals surface area contributed by atoms with E-state index in [0.717, 1.165) is 30.9 Å². The molecule has 1 aromatic heterocycles. The minimum absolute atomic E-state index is 0.00514. The number of aromatic nitrogens is 1. The molecule has 0 atom stereocenters. The second kappa shape index (κ2) is 9.58. The van der Waals surface area contributed by atoms with Crippen LogP contribution in [0.15, 0.2) is 36.5 Å². The van der Waals surface area contributed by atoms with Crippen LogP contribution in [0.4, 0.5) is 0 Å². The average Bonchev–Trinajstić information content (AvgIpc) is 3.06. The Kier molecular flexibility index (Phi) is 7.77. The van der Waals surface area contributed by atoms with Crippen LogP contribution in [0.25, 0.3) is 0 Å². The Morgan fingerprint density at radius 1 is 1.22 bits per heavy atom. The third-order valence-electron chi connectivity index (χ3n) is 3.51. The van der Waals surface area contributed by atoms with Crippen LogP contribution in [0, 0.1) is 0 Å². The average molecular weight is 316 g/mol. The third-order valence-corrected chi connectivity index (χ3v) is 3.51. The number of aromatic amines is 1. The lowest BCUT2D eigenvalue weighted by atomic mass is 10.0. The first kappa shape index (κ1) is 18.6. The van der Waals surface area contributed by atoms with Gasteiger partial charge < -0.3 is 15.0 Å². The second-order valence-corrected chi connectivity index (χ2v) is 4.67.